The molecule has 180 valence electrons. The number of aryl methyl sites for hydroxylation is 2. The summed E-state index contributed by atoms with van der Waals surface area (Å²) in [6.07, 6.45) is 21.6. The summed E-state index contributed by atoms with van der Waals surface area (Å²) in [6.45, 7) is 7.34. The van der Waals surface area contributed by atoms with Gasteiger partial charge in [-0.25, -0.2) is 4.99 Å². The van der Waals surface area contributed by atoms with Crippen LogP contribution in [0.25, 0.3) is 6.08 Å². The van der Waals surface area contributed by atoms with E-state index in [1.807, 2.05) is 24.4 Å². The number of aromatic amines is 2. The zero-order valence-corrected chi connectivity index (χ0v) is 21.0. The zero-order chi connectivity index (χ0) is 23.3. The van der Waals surface area contributed by atoms with Crippen LogP contribution in [-0.4, -0.2) is 22.3 Å². The molecule has 2 aromatic rings. The van der Waals surface area contributed by atoms with E-state index in [2.05, 4.69) is 42.9 Å². The van der Waals surface area contributed by atoms with E-state index in [1.165, 1.54) is 69.0 Å². The van der Waals surface area contributed by atoms with Crippen LogP contribution in [0.1, 0.15) is 108 Å². The van der Waals surface area contributed by atoms with Crippen molar-refractivity contribution in [3.8, 4) is 0 Å². The molecule has 2 aromatic heterocycles. The molecule has 0 unspecified atom stereocenters. The summed E-state index contributed by atoms with van der Waals surface area (Å²) in [4.78, 5) is 11.7. The number of hydrogen-bond acceptors (Lipinski definition) is 2. The number of aromatic nitrogens is 2. The van der Waals surface area contributed by atoms with E-state index in [9.17, 15) is 0 Å². The van der Waals surface area contributed by atoms with Crippen molar-refractivity contribution >= 4 is 11.8 Å². The number of H-pyrrole nitrogens is 2. The highest BCUT2D eigenvalue weighted by atomic mass is 16.5. The summed E-state index contributed by atoms with van der Waals surface area (Å²) in [6, 6.07) is 6.36. The number of hydrogen-bond donors (Lipinski definition) is 2. The third-order valence-electron chi connectivity index (χ3n) is 6.30. The molecule has 0 amide bonds. The average molecular weight is 450 g/mol. The molecule has 0 aromatic carbocycles. The van der Waals surface area contributed by atoms with Gasteiger partial charge in [0.1, 0.15) is 11.5 Å². The molecule has 0 spiro atoms. The molecule has 2 N–H and O–H groups in total. The molecule has 4 nitrogen and oxygen atoms in total. The largest absolute Gasteiger partial charge is 0.491 e. The Kier molecular flexibility index (Phi) is 10.6. The third kappa shape index (κ3) is 7.80. The van der Waals surface area contributed by atoms with Crippen molar-refractivity contribution < 1.29 is 4.74 Å². The minimum atomic E-state index is 0.700. The molecule has 0 aliphatic carbocycles. The van der Waals surface area contributed by atoms with E-state index in [-0.39, 0.29) is 0 Å². The van der Waals surface area contributed by atoms with Crippen molar-refractivity contribution in [3.63, 3.8) is 0 Å². The quantitative estimate of drug-likeness (QED) is 0.250. The molecule has 4 heteroatoms. The highest BCUT2D eigenvalue weighted by Gasteiger charge is 2.18. The lowest BCUT2D eigenvalue weighted by atomic mass is 10.0. The van der Waals surface area contributed by atoms with Gasteiger partial charge >= 0.3 is 0 Å². The maximum atomic E-state index is 6.01. The predicted octanol–water partition coefficient (Wildman–Crippen LogP) is 8.13. The van der Waals surface area contributed by atoms with Crippen LogP contribution in [0.3, 0.4) is 0 Å². The Morgan fingerprint density at radius 1 is 0.939 bits per heavy atom. The second-order valence-electron chi connectivity index (χ2n) is 9.13. The van der Waals surface area contributed by atoms with Crippen molar-refractivity contribution in [1.82, 2.24) is 9.97 Å². The number of rotatable bonds is 16. The molecular formula is C29H43N3O. The molecular weight excluding hydrogens is 406 g/mol. The Bertz CT molecular complexity index is 915. The molecule has 0 bridgehead atoms. The van der Waals surface area contributed by atoms with E-state index in [0.717, 1.165) is 47.8 Å². The number of aliphatic imine (C=N–C) groups is 1. The van der Waals surface area contributed by atoms with E-state index >= 15 is 0 Å². The summed E-state index contributed by atoms with van der Waals surface area (Å²) in [7, 11) is 0. The molecule has 0 saturated heterocycles. The molecule has 1 aliphatic heterocycles. The van der Waals surface area contributed by atoms with Crippen LogP contribution in [0.4, 0.5) is 0 Å². The first-order valence-corrected chi connectivity index (χ1v) is 13.2. The van der Waals surface area contributed by atoms with Crippen molar-refractivity contribution in [3.05, 3.63) is 64.6 Å². The number of unbranched alkanes of at least 4 members (excludes halogenated alkanes) is 8. The molecule has 1 aliphatic rings. The lowest BCUT2D eigenvalue weighted by Gasteiger charge is -2.05. The molecule has 33 heavy (non-hydrogen) atoms. The highest BCUT2D eigenvalue weighted by Crippen LogP contribution is 2.26. The van der Waals surface area contributed by atoms with E-state index in [1.54, 1.807) is 0 Å². The summed E-state index contributed by atoms with van der Waals surface area (Å²) in [5, 5.41) is 0. The molecule has 0 fully saturated rings. The highest BCUT2D eigenvalue weighted by molar-refractivity contribution is 6.11. The fourth-order valence-electron chi connectivity index (χ4n) is 4.43. The lowest BCUT2D eigenvalue weighted by Crippen LogP contribution is -1.95. The lowest BCUT2D eigenvalue weighted by molar-refractivity contribution is 0.222. The van der Waals surface area contributed by atoms with Gasteiger partial charge in [0.25, 0.3) is 0 Å². The fourth-order valence-corrected chi connectivity index (χ4v) is 4.43. The molecule has 0 saturated carbocycles. The second kappa shape index (κ2) is 13.9. The van der Waals surface area contributed by atoms with Crippen LogP contribution >= 0.6 is 0 Å². The van der Waals surface area contributed by atoms with Crippen LogP contribution in [0.15, 0.2) is 46.9 Å². The standard InChI is InChI=1S/C29H43N3O/c1-4-7-8-9-10-11-12-13-14-16-23-20-24(31-25(23)6-3)21-28-29(33-19-5-2)22-27(32-28)26-17-15-18-30-26/h15,17-18,20-22,30-31H,4-14,16,19H2,1-3H3/b28-21-. The maximum absolute atomic E-state index is 6.01. The summed E-state index contributed by atoms with van der Waals surface area (Å²) < 4.78 is 6.01. The van der Waals surface area contributed by atoms with Gasteiger partial charge < -0.3 is 14.7 Å². The van der Waals surface area contributed by atoms with Crippen molar-refractivity contribution in [2.75, 3.05) is 6.61 Å². The van der Waals surface area contributed by atoms with Crippen LogP contribution in [-0.2, 0) is 17.6 Å². The van der Waals surface area contributed by atoms with Gasteiger partial charge in [-0.3, -0.25) is 0 Å². The Morgan fingerprint density at radius 3 is 2.36 bits per heavy atom. The van der Waals surface area contributed by atoms with Gasteiger partial charge in [0.05, 0.1) is 18.0 Å². The first-order valence-electron chi connectivity index (χ1n) is 13.2. The summed E-state index contributed by atoms with van der Waals surface area (Å²) in [5.41, 5.74) is 6.77. The minimum Gasteiger partial charge on any atom is -0.491 e. The number of allylic oxidation sites excluding steroid dienone is 1. The molecule has 3 heterocycles. The second-order valence-corrected chi connectivity index (χ2v) is 9.13. The summed E-state index contributed by atoms with van der Waals surface area (Å²) >= 11 is 0. The van der Waals surface area contributed by atoms with E-state index in [0.29, 0.717) is 6.61 Å². The number of ether oxygens (including phenoxy) is 1. The Balaban J connectivity index is 1.58. The van der Waals surface area contributed by atoms with Crippen molar-refractivity contribution in [1.29, 1.82) is 0 Å². The topological polar surface area (TPSA) is 53.2 Å². The van der Waals surface area contributed by atoms with Gasteiger partial charge in [-0.15, -0.1) is 0 Å². The fraction of sp³-hybridized carbons (Fsp3) is 0.552. The van der Waals surface area contributed by atoms with Gasteiger partial charge in [0.2, 0.25) is 0 Å². The SMILES string of the molecule is CCCCCCCCCCCc1cc(/C=C2\N=C(c3ccc[nH]3)C=C2OCCC)[nH]c1CC. The number of nitrogens with zero attached hydrogens (tertiary/aromatic N) is 1. The molecule has 0 radical (unpaired) electrons. The monoisotopic (exact) mass is 449 g/mol. The molecule has 3 rings (SSSR count). The summed E-state index contributed by atoms with van der Waals surface area (Å²) in [5.74, 6) is 0.856. The van der Waals surface area contributed by atoms with Gasteiger partial charge in [0.15, 0.2) is 0 Å². The maximum Gasteiger partial charge on any atom is 0.147 e. The normalized spacial score (nSPS) is 14.7. The Hall–Kier alpha value is -2.49. The van der Waals surface area contributed by atoms with E-state index < -0.39 is 0 Å². The first kappa shape index (κ1) is 25.1. The molecule has 0 atom stereocenters. The van der Waals surface area contributed by atoms with Gasteiger partial charge in [-0.2, -0.15) is 0 Å². The zero-order valence-electron chi connectivity index (χ0n) is 21.0. The first-order chi connectivity index (χ1) is 16.2. The number of nitrogens with one attached hydrogen (secondary N) is 2. The van der Waals surface area contributed by atoms with Gasteiger partial charge in [-0.05, 0) is 55.5 Å². The van der Waals surface area contributed by atoms with Crippen molar-refractivity contribution in [2.45, 2.75) is 97.8 Å². The van der Waals surface area contributed by atoms with Crippen molar-refractivity contribution in [2.24, 2.45) is 4.99 Å². The predicted molar refractivity (Wildman–Crippen MR) is 141 cm³/mol. The average Bonchev–Trinajstić information content (AvgIpc) is 3.57. The third-order valence-corrected chi connectivity index (χ3v) is 6.30. The smallest absolute Gasteiger partial charge is 0.147 e. The van der Waals surface area contributed by atoms with Crippen LogP contribution in [0.5, 0.6) is 0 Å². The Labute approximate surface area is 200 Å². The Morgan fingerprint density at radius 2 is 1.70 bits per heavy atom. The van der Waals surface area contributed by atoms with E-state index in [4.69, 9.17) is 9.73 Å². The van der Waals surface area contributed by atoms with Crippen LogP contribution in [0.2, 0.25) is 0 Å². The van der Waals surface area contributed by atoms with Crippen LogP contribution < -0.4 is 0 Å². The van der Waals surface area contributed by atoms with Crippen LogP contribution in [0, 0.1) is 0 Å². The van der Waals surface area contributed by atoms with Gasteiger partial charge in [-0.1, -0.05) is 72.1 Å². The minimum absolute atomic E-state index is 0.700. The van der Waals surface area contributed by atoms with Gasteiger partial charge in [0, 0.05) is 23.7 Å².